The monoisotopic (exact) mass is 218 g/mol. The summed E-state index contributed by atoms with van der Waals surface area (Å²) in [5.41, 5.74) is 7.87. The number of carbonyl (C=O) groups excluding carboxylic acids is 1. The molecular formula is C12H14N2O2. The summed E-state index contributed by atoms with van der Waals surface area (Å²) in [6.45, 7) is 2.06. The number of anilines is 2. The predicted molar refractivity (Wildman–Crippen MR) is 63.9 cm³/mol. The highest BCUT2D eigenvalue weighted by Gasteiger charge is 1.97. The van der Waals surface area contributed by atoms with Gasteiger partial charge in [0, 0.05) is 18.5 Å². The third-order valence-corrected chi connectivity index (χ3v) is 1.91. The lowest BCUT2D eigenvalue weighted by Gasteiger charge is -2.03. The Morgan fingerprint density at radius 1 is 1.56 bits per heavy atom. The molecule has 0 radical (unpaired) electrons. The van der Waals surface area contributed by atoms with Crippen LogP contribution in [-0.4, -0.2) is 19.6 Å². The number of hydrogen-bond donors (Lipinski definition) is 2. The molecule has 0 fully saturated rings. The average Bonchev–Trinajstić information content (AvgIpc) is 2.27. The Bertz CT molecular complexity index is 444. The van der Waals surface area contributed by atoms with Gasteiger partial charge in [0.25, 0.3) is 0 Å². The van der Waals surface area contributed by atoms with E-state index in [4.69, 9.17) is 5.73 Å². The predicted octanol–water partition coefficient (Wildman–Crippen LogP) is 1.23. The van der Waals surface area contributed by atoms with E-state index >= 15 is 0 Å². The molecule has 0 aliphatic rings. The molecule has 0 aliphatic heterocycles. The fraction of sp³-hybridized carbons (Fsp3) is 0.250. The number of nitrogens with two attached hydrogens (primary N) is 1. The SMILES string of the molecule is CCOC(=O)C#Cc1ccc(NC)c(N)c1. The van der Waals surface area contributed by atoms with Gasteiger partial charge in [0.05, 0.1) is 18.0 Å². The van der Waals surface area contributed by atoms with Gasteiger partial charge in [-0.05, 0) is 25.1 Å². The molecule has 0 spiro atoms. The molecule has 0 saturated carbocycles. The summed E-state index contributed by atoms with van der Waals surface area (Å²) in [4.78, 5) is 11.0. The topological polar surface area (TPSA) is 64.3 Å². The van der Waals surface area contributed by atoms with Gasteiger partial charge in [-0.25, -0.2) is 4.79 Å². The smallest absolute Gasteiger partial charge is 0.384 e. The van der Waals surface area contributed by atoms with E-state index < -0.39 is 5.97 Å². The molecule has 0 aromatic heterocycles. The number of esters is 1. The van der Waals surface area contributed by atoms with Gasteiger partial charge in [0.1, 0.15) is 0 Å². The van der Waals surface area contributed by atoms with E-state index in [0.717, 1.165) is 5.69 Å². The molecule has 84 valence electrons. The zero-order valence-corrected chi connectivity index (χ0v) is 9.33. The van der Waals surface area contributed by atoms with Crippen LogP contribution in [0.25, 0.3) is 0 Å². The third kappa shape index (κ3) is 3.21. The zero-order chi connectivity index (χ0) is 12.0. The number of hydrogen-bond acceptors (Lipinski definition) is 4. The van der Waals surface area contributed by atoms with Crippen LogP contribution in [0.5, 0.6) is 0 Å². The van der Waals surface area contributed by atoms with Crippen molar-refractivity contribution in [3.8, 4) is 11.8 Å². The fourth-order valence-corrected chi connectivity index (χ4v) is 1.16. The van der Waals surface area contributed by atoms with Crippen LogP contribution in [0, 0.1) is 11.8 Å². The largest absolute Gasteiger partial charge is 0.456 e. The molecule has 0 saturated heterocycles. The van der Waals surface area contributed by atoms with Crippen LogP contribution in [0.1, 0.15) is 12.5 Å². The van der Waals surface area contributed by atoms with Crippen molar-refractivity contribution in [1.82, 2.24) is 0 Å². The van der Waals surface area contributed by atoms with Gasteiger partial charge < -0.3 is 15.8 Å². The van der Waals surface area contributed by atoms with Crippen LogP contribution >= 0.6 is 0 Å². The maximum absolute atomic E-state index is 11.0. The van der Waals surface area contributed by atoms with Gasteiger partial charge in [0.15, 0.2) is 0 Å². The highest BCUT2D eigenvalue weighted by Crippen LogP contribution is 2.18. The maximum Gasteiger partial charge on any atom is 0.384 e. The summed E-state index contributed by atoms with van der Waals surface area (Å²) < 4.78 is 4.68. The molecule has 1 rings (SSSR count). The molecule has 1 aromatic carbocycles. The summed E-state index contributed by atoms with van der Waals surface area (Å²) in [5.74, 6) is 4.54. The van der Waals surface area contributed by atoms with Crippen LogP contribution in [0.3, 0.4) is 0 Å². The summed E-state index contributed by atoms with van der Waals surface area (Å²) >= 11 is 0. The summed E-state index contributed by atoms with van der Waals surface area (Å²) in [5, 5.41) is 2.94. The van der Waals surface area contributed by atoms with Crippen molar-refractivity contribution in [2.24, 2.45) is 0 Å². The Kier molecular flexibility index (Phi) is 4.22. The normalized spacial score (nSPS) is 8.88. The minimum atomic E-state index is -0.529. The van der Waals surface area contributed by atoms with Gasteiger partial charge in [-0.15, -0.1) is 0 Å². The van der Waals surface area contributed by atoms with Gasteiger partial charge in [-0.1, -0.05) is 5.92 Å². The lowest BCUT2D eigenvalue weighted by atomic mass is 10.2. The van der Waals surface area contributed by atoms with E-state index in [1.165, 1.54) is 0 Å². The molecule has 16 heavy (non-hydrogen) atoms. The standard InChI is InChI=1S/C12H14N2O2/c1-3-16-12(15)7-5-9-4-6-11(14-2)10(13)8-9/h4,6,8,14H,3,13H2,1-2H3. The van der Waals surface area contributed by atoms with Crippen LogP contribution in [0.4, 0.5) is 11.4 Å². The molecule has 0 bridgehead atoms. The highest BCUT2D eigenvalue weighted by atomic mass is 16.5. The van der Waals surface area contributed by atoms with Crippen molar-refractivity contribution < 1.29 is 9.53 Å². The number of rotatable bonds is 2. The lowest BCUT2D eigenvalue weighted by molar-refractivity contribution is -0.136. The second-order valence-corrected chi connectivity index (χ2v) is 3.02. The van der Waals surface area contributed by atoms with Crippen LogP contribution in [-0.2, 0) is 9.53 Å². The first-order chi connectivity index (χ1) is 7.67. The maximum atomic E-state index is 11.0. The summed E-state index contributed by atoms with van der Waals surface area (Å²) in [6, 6.07) is 5.30. The average molecular weight is 218 g/mol. The van der Waals surface area contributed by atoms with Crippen molar-refractivity contribution in [3.05, 3.63) is 23.8 Å². The quantitative estimate of drug-likeness (QED) is 0.445. The van der Waals surface area contributed by atoms with Crippen LogP contribution in [0.2, 0.25) is 0 Å². The van der Waals surface area contributed by atoms with Crippen LogP contribution in [0.15, 0.2) is 18.2 Å². The van der Waals surface area contributed by atoms with Crippen molar-refractivity contribution in [3.63, 3.8) is 0 Å². The molecule has 0 atom stereocenters. The first-order valence-electron chi connectivity index (χ1n) is 4.93. The van der Waals surface area contributed by atoms with E-state index in [-0.39, 0.29) is 0 Å². The molecule has 0 amide bonds. The molecule has 0 unspecified atom stereocenters. The zero-order valence-electron chi connectivity index (χ0n) is 9.33. The number of ether oxygens (including phenoxy) is 1. The minimum Gasteiger partial charge on any atom is -0.456 e. The van der Waals surface area contributed by atoms with Crippen molar-refractivity contribution in [1.29, 1.82) is 0 Å². The molecule has 1 aromatic rings. The lowest BCUT2D eigenvalue weighted by Crippen LogP contribution is -2.00. The Balaban J connectivity index is 2.82. The molecule has 0 heterocycles. The number of nitrogen functional groups attached to an aromatic ring is 1. The van der Waals surface area contributed by atoms with Gasteiger partial charge in [0.2, 0.25) is 0 Å². The van der Waals surface area contributed by atoms with Crippen molar-refractivity contribution in [2.75, 3.05) is 24.7 Å². The second-order valence-electron chi connectivity index (χ2n) is 3.02. The Labute approximate surface area is 94.8 Å². The summed E-state index contributed by atoms with van der Waals surface area (Å²) in [7, 11) is 1.79. The van der Waals surface area contributed by atoms with E-state index in [9.17, 15) is 4.79 Å². The Morgan fingerprint density at radius 3 is 2.88 bits per heavy atom. The second kappa shape index (κ2) is 5.66. The Morgan fingerprint density at radius 2 is 2.31 bits per heavy atom. The third-order valence-electron chi connectivity index (χ3n) is 1.91. The highest BCUT2D eigenvalue weighted by molar-refractivity contribution is 5.89. The van der Waals surface area contributed by atoms with Crippen molar-refractivity contribution in [2.45, 2.75) is 6.92 Å². The Hall–Kier alpha value is -2.15. The molecule has 3 N–H and O–H groups in total. The van der Waals surface area contributed by atoms with E-state index in [2.05, 4.69) is 21.9 Å². The van der Waals surface area contributed by atoms with Crippen LogP contribution < -0.4 is 11.1 Å². The number of carbonyl (C=O) groups is 1. The minimum absolute atomic E-state index is 0.328. The van der Waals surface area contributed by atoms with E-state index in [0.29, 0.717) is 17.9 Å². The molecule has 4 nitrogen and oxygen atoms in total. The first-order valence-corrected chi connectivity index (χ1v) is 4.93. The van der Waals surface area contributed by atoms with Gasteiger partial charge in [-0.3, -0.25) is 0 Å². The van der Waals surface area contributed by atoms with E-state index in [1.807, 2.05) is 6.07 Å². The molecule has 4 heteroatoms. The van der Waals surface area contributed by atoms with Gasteiger partial charge >= 0.3 is 5.97 Å². The summed E-state index contributed by atoms with van der Waals surface area (Å²) in [6.07, 6.45) is 0. The number of nitrogens with one attached hydrogen (secondary N) is 1. The van der Waals surface area contributed by atoms with Gasteiger partial charge in [-0.2, -0.15) is 0 Å². The van der Waals surface area contributed by atoms with Crippen molar-refractivity contribution >= 4 is 17.3 Å². The fourth-order valence-electron chi connectivity index (χ4n) is 1.16. The number of benzene rings is 1. The molecule has 0 aliphatic carbocycles. The van der Waals surface area contributed by atoms with E-state index in [1.54, 1.807) is 26.1 Å². The molecular weight excluding hydrogens is 204 g/mol. The first kappa shape index (κ1) is 11.9.